The highest BCUT2D eigenvalue weighted by Crippen LogP contribution is 2.42. The van der Waals surface area contributed by atoms with Crippen molar-refractivity contribution in [1.29, 1.82) is 0 Å². The maximum atomic E-state index is 5.99. The maximum Gasteiger partial charge on any atom is 0.131 e. The van der Waals surface area contributed by atoms with E-state index in [4.69, 9.17) is 9.47 Å². The van der Waals surface area contributed by atoms with Crippen LogP contribution in [0.25, 0.3) is 11.1 Å². The summed E-state index contributed by atoms with van der Waals surface area (Å²) in [6.45, 7) is 4.24. The zero-order valence-electron chi connectivity index (χ0n) is 11.6. The third-order valence-corrected chi connectivity index (χ3v) is 3.53. The summed E-state index contributed by atoms with van der Waals surface area (Å²) in [4.78, 5) is 0. The van der Waals surface area contributed by atoms with Crippen molar-refractivity contribution in [3.8, 4) is 22.6 Å². The first-order valence-corrected chi connectivity index (χ1v) is 6.62. The fourth-order valence-electron chi connectivity index (χ4n) is 2.76. The topological polar surface area (TPSA) is 18.5 Å². The number of aryl methyl sites for hydroxylation is 1. The molecule has 0 saturated heterocycles. The molecule has 0 radical (unpaired) electrons. The second-order valence-electron chi connectivity index (χ2n) is 5.13. The highest BCUT2D eigenvalue weighted by atomic mass is 16.5. The van der Waals surface area contributed by atoms with Gasteiger partial charge in [0.1, 0.15) is 17.6 Å². The van der Waals surface area contributed by atoms with Crippen molar-refractivity contribution in [2.45, 2.75) is 26.4 Å². The Morgan fingerprint density at radius 2 is 1.95 bits per heavy atom. The fourth-order valence-corrected chi connectivity index (χ4v) is 2.76. The molecule has 19 heavy (non-hydrogen) atoms. The Labute approximate surface area is 114 Å². The molecule has 0 N–H and O–H groups in total. The highest BCUT2D eigenvalue weighted by molar-refractivity contribution is 5.78. The number of hydrogen-bond acceptors (Lipinski definition) is 2. The van der Waals surface area contributed by atoms with Crippen molar-refractivity contribution in [1.82, 2.24) is 0 Å². The molecule has 1 aliphatic heterocycles. The molecule has 0 amide bonds. The van der Waals surface area contributed by atoms with Crippen LogP contribution < -0.4 is 9.47 Å². The molecule has 2 aromatic carbocycles. The zero-order valence-corrected chi connectivity index (χ0v) is 11.6. The van der Waals surface area contributed by atoms with Gasteiger partial charge in [0.15, 0.2) is 0 Å². The van der Waals surface area contributed by atoms with Crippen molar-refractivity contribution < 1.29 is 9.47 Å². The molecule has 0 saturated carbocycles. The van der Waals surface area contributed by atoms with Crippen molar-refractivity contribution in [2.24, 2.45) is 0 Å². The molecule has 0 bridgehead atoms. The Balaban J connectivity index is 2.21. The largest absolute Gasteiger partial charge is 0.496 e. The summed E-state index contributed by atoms with van der Waals surface area (Å²) < 4.78 is 11.5. The average molecular weight is 254 g/mol. The Morgan fingerprint density at radius 3 is 2.74 bits per heavy atom. The lowest BCUT2D eigenvalue weighted by Crippen LogP contribution is -2.05. The second kappa shape index (κ2) is 4.61. The normalized spacial score (nSPS) is 16.9. The first-order valence-electron chi connectivity index (χ1n) is 6.62. The van der Waals surface area contributed by atoms with Crippen LogP contribution in [-0.2, 0) is 6.42 Å². The van der Waals surface area contributed by atoms with Crippen LogP contribution in [0.1, 0.15) is 18.1 Å². The SMILES string of the molecule is COc1ccccc1-c1cc(C)cc2c1OC(C)C2. The number of rotatable bonds is 2. The second-order valence-corrected chi connectivity index (χ2v) is 5.13. The lowest BCUT2D eigenvalue weighted by atomic mass is 9.97. The molecule has 1 unspecified atom stereocenters. The van der Waals surface area contributed by atoms with Crippen LogP contribution in [0.3, 0.4) is 0 Å². The molecule has 1 heterocycles. The zero-order chi connectivity index (χ0) is 13.4. The third-order valence-electron chi connectivity index (χ3n) is 3.53. The molecule has 0 fully saturated rings. The van der Waals surface area contributed by atoms with E-state index >= 15 is 0 Å². The summed E-state index contributed by atoms with van der Waals surface area (Å²) >= 11 is 0. The smallest absolute Gasteiger partial charge is 0.131 e. The molecule has 3 rings (SSSR count). The standard InChI is InChI=1S/C17H18O2/c1-11-8-13-10-12(2)19-17(13)15(9-11)14-6-4-5-7-16(14)18-3/h4-9,12H,10H2,1-3H3. The first kappa shape index (κ1) is 12.1. The van der Waals surface area contributed by atoms with Gasteiger partial charge in [-0.1, -0.05) is 24.3 Å². The van der Waals surface area contributed by atoms with Crippen LogP contribution in [0, 0.1) is 6.92 Å². The van der Waals surface area contributed by atoms with Crippen molar-refractivity contribution in [3.63, 3.8) is 0 Å². The molecule has 1 atom stereocenters. The van der Waals surface area contributed by atoms with Gasteiger partial charge in [-0.15, -0.1) is 0 Å². The van der Waals surface area contributed by atoms with Gasteiger partial charge in [-0.05, 0) is 37.1 Å². The molecule has 2 aromatic rings. The highest BCUT2D eigenvalue weighted by Gasteiger charge is 2.24. The van der Waals surface area contributed by atoms with E-state index in [0.29, 0.717) is 0 Å². The van der Waals surface area contributed by atoms with Gasteiger partial charge in [0.25, 0.3) is 0 Å². The van der Waals surface area contributed by atoms with Crippen molar-refractivity contribution >= 4 is 0 Å². The quantitative estimate of drug-likeness (QED) is 0.806. The Kier molecular flexibility index (Phi) is 2.94. The van der Waals surface area contributed by atoms with E-state index in [1.807, 2.05) is 18.2 Å². The van der Waals surface area contributed by atoms with E-state index in [9.17, 15) is 0 Å². The lowest BCUT2D eigenvalue weighted by molar-refractivity contribution is 0.255. The molecular weight excluding hydrogens is 236 g/mol. The van der Waals surface area contributed by atoms with Crippen LogP contribution >= 0.6 is 0 Å². The van der Waals surface area contributed by atoms with Gasteiger partial charge in [-0.25, -0.2) is 0 Å². The Bertz CT molecular complexity index is 617. The van der Waals surface area contributed by atoms with Gasteiger partial charge in [0.05, 0.1) is 7.11 Å². The first-order chi connectivity index (χ1) is 9.19. The predicted molar refractivity (Wildman–Crippen MR) is 77.0 cm³/mol. The third kappa shape index (κ3) is 2.07. The minimum absolute atomic E-state index is 0.255. The Morgan fingerprint density at radius 1 is 1.16 bits per heavy atom. The van der Waals surface area contributed by atoms with E-state index in [1.54, 1.807) is 7.11 Å². The van der Waals surface area contributed by atoms with Crippen LogP contribution in [0.2, 0.25) is 0 Å². The van der Waals surface area contributed by atoms with Crippen LogP contribution in [0.15, 0.2) is 36.4 Å². The summed E-state index contributed by atoms with van der Waals surface area (Å²) in [5.41, 5.74) is 4.79. The number of fused-ring (bicyclic) bond motifs is 1. The maximum absolute atomic E-state index is 5.99. The van der Waals surface area contributed by atoms with Gasteiger partial charge in [0.2, 0.25) is 0 Å². The fraction of sp³-hybridized carbons (Fsp3) is 0.294. The summed E-state index contributed by atoms with van der Waals surface area (Å²) in [5.74, 6) is 1.90. The van der Waals surface area contributed by atoms with E-state index < -0.39 is 0 Å². The minimum atomic E-state index is 0.255. The molecule has 0 aromatic heterocycles. The summed E-state index contributed by atoms with van der Waals surface area (Å²) in [6, 6.07) is 12.5. The number of ether oxygens (including phenoxy) is 2. The van der Waals surface area contributed by atoms with E-state index in [1.165, 1.54) is 11.1 Å². The van der Waals surface area contributed by atoms with Crippen LogP contribution in [0.5, 0.6) is 11.5 Å². The average Bonchev–Trinajstić information content (AvgIpc) is 2.77. The number of hydrogen-bond donors (Lipinski definition) is 0. The van der Waals surface area contributed by atoms with E-state index in [-0.39, 0.29) is 6.10 Å². The molecule has 0 aliphatic carbocycles. The molecule has 1 aliphatic rings. The summed E-state index contributed by atoms with van der Waals surface area (Å²) in [7, 11) is 1.71. The van der Waals surface area contributed by atoms with Gasteiger partial charge >= 0.3 is 0 Å². The van der Waals surface area contributed by atoms with Crippen molar-refractivity contribution in [2.75, 3.05) is 7.11 Å². The van der Waals surface area contributed by atoms with E-state index in [0.717, 1.165) is 29.0 Å². The Hall–Kier alpha value is -1.96. The van der Waals surface area contributed by atoms with Gasteiger partial charge in [-0.2, -0.15) is 0 Å². The number of benzene rings is 2. The predicted octanol–water partition coefficient (Wildman–Crippen LogP) is 3.99. The van der Waals surface area contributed by atoms with Crippen LogP contribution in [0.4, 0.5) is 0 Å². The van der Waals surface area contributed by atoms with Crippen molar-refractivity contribution in [3.05, 3.63) is 47.5 Å². The van der Waals surface area contributed by atoms with Crippen LogP contribution in [-0.4, -0.2) is 13.2 Å². The van der Waals surface area contributed by atoms with Gasteiger partial charge in [-0.3, -0.25) is 0 Å². The van der Waals surface area contributed by atoms with Gasteiger partial charge < -0.3 is 9.47 Å². The molecule has 0 spiro atoms. The molecule has 2 nitrogen and oxygen atoms in total. The molecule has 98 valence electrons. The number of para-hydroxylation sites is 1. The lowest BCUT2D eigenvalue weighted by Gasteiger charge is -2.13. The summed E-state index contributed by atoms with van der Waals surface area (Å²) in [5, 5.41) is 0. The number of methoxy groups -OCH3 is 1. The molecule has 2 heteroatoms. The summed E-state index contributed by atoms with van der Waals surface area (Å²) in [6.07, 6.45) is 1.24. The van der Waals surface area contributed by atoms with Gasteiger partial charge in [0, 0.05) is 17.5 Å². The minimum Gasteiger partial charge on any atom is -0.496 e. The monoisotopic (exact) mass is 254 g/mol. The van der Waals surface area contributed by atoms with E-state index in [2.05, 4.69) is 32.0 Å². The molecular formula is C17H18O2.